The standard InChI is InChI=1S/C18H23N5O2/c1-11-14(9-10-15(21-11)23-16(19)20)12-5-7-13(8-6-12)22-17(24)25-18(2,3)4/h5-10H,1-4H3,(H,22,24)(H4,19,20,21,23). The fourth-order valence-electron chi connectivity index (χ4n) is 2.20. The number of carbonyl (C=O) groups is 1. The van der Waals surface area contributed by atoms with Crippen molar-refractivity contribution in [1.29, 1.82) is 0 Å². The first-order chi connectivity index (χ1) is 11.6. The zero-order valence-corrected chi connectivity index (χ0v) is 14.8. The predicted octanol–water partition coefficient (Wildman–Crippen LogP) is 3.31. The number of anilines is 1. The number of guanidine groups is 1. The molecule has 5 N–H and O–H groups in total. The van der Waals surface area contributed by atoms with Gasteiger partial charge in [0.25, 0.3) is 0 Å². The van der Waals surface area contributed by atoms with Gasteiger partial charge in [0.2, 0.25) is 0 Å². The minimum atomic E-state index is -0.538. The summed E-state index contributed by atoms with van der Waals surface area (Å²) in [5.74, 6) is 0.432. The molecule has 7 heteroatoms. The van der Waals surface area contributed by atoms with E-state index >= 15 is 0 Å². The fourth-order valence-corrected chi connectivity index (χ4v) is 2.20. The van der Waals surface area contributed by atoms with Gasteiger partial charge in [-0.2, -0.15) is 4.99 Å². The van der Waals surface area contributed by atoms with E-state index in [-0.39, 0.29) is 5.96 Å². The Kier molecular flexibility index (Phi) is 5.26. The molecule has 0 aliphatic heterocycles. The molecule has 132 valence electrons. The molecule has 0 radical (unpaired) electrons. The smallest absolute Gasteiger partial charge is 0.412 e. The van der Waals surface area contributed by atoms with Crippen LogP contribution in [-0.4, -0.2) is 22.6 Å². The quantitative estimate of drug-likeness (QED) is 0.585. The Bertz CT molecular complexity index is 788. The van der Waals surface area contributed by atoms with Gasteiger partial charge in [-0.1, -0.05) is 12.1 Å². The second kappa shape index (κ2) is 7.21. The fraction of sp³-hybridized carbons (Fsp3) is 0.278. The Morgan fingerprint density at radius 2 is 1.76 bits per heavy atom. The average Bonchev–Trinajstić information content (AvgIpc) is 2.46. The minimum absolute atomic E-state index is 0.0304. The summed E-state index contributed by atoms with van der Waals surface area (Å²) in [5, 5.41) is 2.70. The van der Waals surface area contributed by atoms with E-state index in [1.165, 1.54) is 0 Å². The van der Waals surface area contributed by atoms with E-state index in [1.807, 2.05) is 58.0 Å². The highest BCUT2D eigenvalue weighted by molar-refractivity contribution is 5.85. The van der Waals surface area contributed by atoms with Gasteiger partial charge in [0.1, 0.15) is 5.60 Å². The Morgan fingerprint density at radius 1 is 1.12 bits per heavy atom. The second-order valence-electron chi connectivity index (χ2n) is 6.54. The normalized spacial score (nSPS) is 10.9. The number of benzene rings is 1. The largest absolute Gasteiger partial charge is 0.444 e. The molecule has 1 aromatic heterocycles. The molecule has 2 rings (SSSR count). The molecule has 2 aromatic rings. The molecule has 0 bridgehead atoms. The summed E-state index contributed by atoms with van der Waals surface area (Å²) in [5.41, 5.74) is 13.6. The molecule has 0 unspecified atom stereocenters. The lowest BCUT2D eigenvalue weighted by atomic mass is 10.0. The highest BCUT2D eigenvalue weighted by atomic mass is 16.6. The Hall–Kier alpha value is -3.09. The van der Waals surface area contributed by atoms with Gasteiger partial charge in [0.05, 0.1) is 0 Å². The Morgan fingerprint density at radius 3 is 2.28 bits per heavy atom. The van der Waals surface area contributed by atoms with Crippen LogP contribution in [0.5, 0.6) is 0 Å². The van der Waals surface area contributed by atoms with Crippen molar-refractivity contribution in [2.45, 2.75) is 33.3 Å². The van der Waals surface area contributed by atoms with E-state index in [0.717, 1.165) is 16.8 Å². The Balaban J connectivity index is 2.15. The molecule has 1 aromatic carbocycles. The lowest BCUT2D eigenvalue weighted by molar-refractivity contribution is 0.0636. The highest BCUT2D eigenvalue weighted by Gasteiger charge is 2.16. The van der Waals surface area contributed by atoms with Gasteiger partial charge < -0.3 is 16.2 Å². The van der Waals surface area contributed by atoms with Crippen LogP contribution in [-0.2, 0) is 4.74 Å². The maximum absolute atomic E-state index is 11.8. The van der Waals surface area contributed by atoms with Crippen molar-refractivity contribution in [2.75, 3.05) is 5.32 Å². The number of hydrogen-bond acceptors (Lipinski definition) is 4. The van der Waals surface area contributed by atoms with Crippen LogP contribution in [0.2, 0.25) is 0 Å². The molecule has 0 saturated carbocycles. The van der Waals surface area contributed by atoms with Crippen molar-refractivity contribution in [3.63, 3.8) is 0 Å². The van der Waals surface area contributed by atoms with Crippen molar-refractivity contribution in [3.05, 3.63) is 42.1 Å². The summed E-state index contributed by atoms with van der Waals surface area (Å²) in [7, 11) is 0. The Labute approximate surface area is 147 Å². The first-order valence-electron chi connectivity index (χ1n) is 7.82. The van der Waals surface area contributed by atoms with Gasteiger partial charge in [0, 0.05) is 16.9 Å². The van der Waals surface area contributed by atoms with E-state index in [4.69, 9.17) is 16.2 Å². The lowest BCUT2D eigenvalue weighted by Crippen LogP contribution is -2.27. The predicted molar refractivity (Wildman–Crippen MR) is 99.7 cm³/mol. The summed E-state index contributed by atoms with van der Waals surface area (Å²) in [6.45, 7) is 7.33. The molecule has 0 spiro atoms. The van der Waals surface area contributed by atoms with Crippen LogP contribution in [0.3, 0.4) is 0 Å². The third-order valence-corrected chi connectivity index (χ3v) is 3.16. The monoisotopic (exact) mass is 341 g/mol. The van der Waals surface area contributed by atoms with Gasteiger partial charge in [-0.25, -0.2) is 9.78 Å². The SMILES string of the molecule is Cc1nc(N=C(N)N)ccc1-c1ccc(NC(=O)OC(C)(C)C)cc1. The van der Waals surface area contributed by atoms with Gasteiger partial charge in [0.15, 0.2) is 11.8 Å². The van der Waals surface area contributed by atoms with Crippen molar-refractivity contribution < 1.29 is 9.53 Å². The molecule has 0 atom stereocenters. The van der Waals surface area contributed by atoms with Gasteiger partial charge >= 0.3 is 6.09 Å². The van der Waals surface area contributed by atoms with Crippen LogP contribution < -0.4 is 16.8 Å². The van der Waals surface area contributed by atoms with E-state index in [1.54, 1.807) is 6.07 Å². The summed E-state index contributed by atoms with van der Waals surface area (Å²) in [6.07, 6.45) is -0.486. The molecule has 0 aliphatic rings. The van der Waals surface area contributed by atoms with E-state index in [2.05, 4.69) is 15.3 Å². The zero-order valence-electron chi connectivity index (χ0n) is 14.8. The summed E-state index contributed by atoms with van der Waals surface area (Å²) < 4.78 is 5.23. The van der Waals surface area contributed by atoms with Gasteiger partial charge in [-0.15, -0.1) is 0 Å². The maximum atomic E-state index is 11.8. The molecule has 0 saturated heterocycles. The number of aromatic nitrogens is 1. The number of ether oxygens (including phenoxy) is 1. The van der Waals surface area contributed by atoms with Crippen molar-refractivity contribution >= 4 is 23.6 Å². The first kappa shape index (κ1) is 18.3. The second-order valence-corrected chi connectivity index (χ2v) is 6.54. The molecule has 25 heavy (non-hydrogen) atoms. The number of hydrogen-bond donors (Lipinski definition) is 3. The van der Waals surface area contributed by atoms with E-state index in [0.29, 0.717) is 11.5 Å². The van der Waals surface area contributed by atoms with Gasteiger partial charge in [-0.05, 0) is 57.5 Å². The van der Waals surface area contributed by atoms with Gasteiger partial charge in [-0.3, -0.25) is 5.32 Å². The number of amides is 1. The van der Waals surface area contributed by atoms with Crippen molar-refractivity contribution in [1.82, 2.24) is 4.98 Å². The number of nitrogens with one attached hydrogen (secondary N) is 1. The summed E-state index contributed by atoms with van der Waals surface area (Å²) >= 11 is 0. The molecule has 7 nitrogen and oxygen atoms in total. The number of carbonyl (C=O) groups excluding carboxylic acids is 1. The van der Waals surface area contributed by atoms with Crippen LogP contribution >= 0.6 is 0 Å². The number of nitrogens with zero attached hydrogens (tertiary/aromatic N) is 2. The van der Waals surface area contributed by atoms with Crippen LogP contribution in [0.15, 0.2) is 41.4 Å². The van der Waals surface area contributed by atoms with Crippen molar-refractivity contribution in [3.8, 4) is 11.1 Å². The summed E-state index contributed by atoms with van der Waals surface area (Å²) in [6, 6.07) is 11.1. The number of nitrogens with two attached hydrogens (primary N) is 2. The number of aliphatic imine (C=N–C) groups is 1. The number of rotatable bonds is 3. The van der Waals surface area contributed by atoms with Crippen LogP contribution in [0.4, 0.5) is 16.3 Å². The van der Waals surface area contributed by atoms with Crippen LogP contribution in [0, 0.1) is 6.92 Å². The third kappa shape index (κ3) is 5.49. The highest BCUT2D eigenvalue weighted by Crippen LogP contribution is 2.26. The molecule has 0 fully saturated rings. The number of aryl methyl sites for hydroxylation is 1. The average molecular weight is 341 g/mol. The first-order valence-corrected chi connectivity index (χ1v) is 7.82. The summed E-state index contributed by atoms with van der Waals surface area (Å²) in [4.78, 5) is 20.1. The lowest BCUT2D eigenvalue weighted by Gasteiger charge is -2.19. The molecule has 0 aliphatic carbocycles. The minimum Gasteiger partial charge on any atom is -0.444 e. The maximum Gasteiger partial charge on any atom is 0.412 e. The molecule has 1 amide bonds. The van der Waals surface area contributed by atoms with Crippen LogP contribution in [0.1, 0.15) is 26.5 Å². The molecular weight excluding hydrogens is 318 g/mol. The molecular formula is C18H23N5O2. The van der Waals surface area contributed by atoms with Crippen molar-refractivity contribution in [2.24, 2.45) is 16.5 Å². The zero-order chi connectivity index (χ0) is 18.6. The van der Waals surface area contributed by atoms with E-state index in [9.17, 15) is 4.79 Å². The molecule has 1 heterocycles. The van der Waals surface area contributed by atoms with E-state index < -0.39 is 11.7 Å². The third-order valence-electron chi connectivity index (χ3n) is 3.16. The van der Waals surface area contributed by atoms with Crippen LogP contribution in [0.25, 0.3) is 11.1 Å². The number of pyridine rings is 1. The topological polar surface area (TPSA) is 116 Å².